The molecule has 3 nitrogen and oxygen atoms in total. The summed E-state index contributed by atoms with van der Waals surface area (Å²) >= 11 is 0. The molecular formula is C19H28O3. The number of carbonyl (C=O) groups excluding carboxylic acids is 1. The van der Waals surface area contributed by atoms with Gasteiger partial charge in [-0.05, 0) is 51.4 Å². The van der Waals surface area contributed by atoms with Gasteiger partial charge in [-0.2, -0.15) is 0 Å². The van der Waals surface area contributed by atoms with E-state index in [4.69, 9.17) is 9.84 Å². The van der Waals surface area contributed by atoms with Crippen LogP contribution in [0.25, 0.3) is 0 Å². The predicted molar refractivity (Wildman–Crippen MR) is 88.3 cm³/mol. The molecule has 3 atom stereocenters. The molecule has 1 fully saturated rings. The molecule has 0 aromatic rings. The van der Waals surface area contributed by atoms with Gasteiger partial charge in [0.25, 0.3) is 0 Å². The van der Waals surface area contributed by atoms with E-state index in [1.165, 1.54) is 11.1 Å². The van der Waals surface area contributed by atoms with Crippen molar-refractivity contribution in [3.63, 3.8) is 0 Å². The van der Waals surface area contributed by atoms with E-state index in [-0.39, 0.29) is 18.5 Å². The third kappa shape index (κ3) is 4.33. The SMILES string of the molecule is C=C1CC/C=C(/C)CC[C@@H]2[C@H](CC/C=C\CO)C(=O)OC[C@@H]12. The van der Waals surface area contributed by atoms with Crippen molar-refractivity contribution in [1.82, 2.24) is 0 Å². The standard InChI is InChI=1S/C19H28O3/c1-14-7-6-8-15(2)18-13-22-19(21)17(16(18)11-10-14)9-4-3-5-12-20/h3,5,7,16-18,20H,2,4,6,8-13H2,1H3/b5-3-,14-7-/t16-,17+,18+/m1/s1. The van der Waals surface area contributed by atoms with Gasteiger partial charge in [-0.15, -0.1) is 0 Å². The lowest BCUT2D eigenvalue weighted by molar-refractivity contribution is -0.160. The van der Waals surface area contributed by atoms with Crippen molar-refractivity contribution >= 4 is 5.97 Å². The second-order valence-corrected chi connectivity index (χ2v) is 6.52. The fourth-order valence-electron chi connectivity index (χ4n) is 3.67. The lowest BCUT2D eigenvalue weighted by Gasteiger charge is -2.38. The summed E-state index contributed by atoms with van der Waals surface area (Å²) in [6.07, 6.45) is 11.7. The first-order chi connectivity index (χ1) is 10.6. The van der Waals surface area contributed by atoms with Crippen LogP contribution >= 0.6 is 0 Å². The summed E-state index contributed by atoms with van der Waals surface area (Å²) in [4.78, 5) is 12.2. The van der Waals surface area contributed by atoms with Crippen LogP contribution in [0.5, 0.6) is 0 Å². The zero-order valence-corrected chi connectivity index (χ0v) is 13.6. The molecule has 0 radical (unpaired) electrons. The van der Waals surface area contributed by atoms with Gasteiger partial charge in [0, 0.05) is 5.92 Å². The Labute approximate surface area is 133 Å². The number of allylic oxidation sites excluding steroid dienone is 3. The minimum atomic E-state index is -0.0488. The van der Waals surface area contributed by atoms with Gasteiger partial charge in [0.1, 0.15) is 0 Å². The Morgan fingerprint density at radius 2 is 2.23 bits per heavy atom. The minimum absolute atomic E-state index is 0.0373. The molecule has 0 saturated carbocycles. The molecule has 122 valence electrons. The zero-order chi connectivity index (χ0) is 15.9. The van der Waals surface area contributed by atoms with E-state index in [1.54, 1.807) is 6.08 Å². The first-order valence-electron chi connectivity index (χ1n) is 8.39. The number of cyclic esters (lactones) is 1. The Morgan fingerprint density at radius 3 is 3.00 bits per heavy atom. The molecule has 0 unspecified atom stereocenters. The number of esters is 1. The summed E-state index contributed by atoms with van der Waals surface area (Å²) in [7, 11) is 0. The van der Waals surface area contributed by atoms with Crippen molar-refractivity contribution in [2.24, 2.45) is 17.8 Å². The topological polar surface area (TPSA) is 46.5 Å². The quantitative estimate of drug-likeness (QED) is 0.635. The number of aliphatic hydroxyl groups is 1. The van der Waals surface area contributed by atoms with Gasteiger partial charge in [0.2, 0.25) is 0 Å². The second-order valence-electron chi connectivity index (χ2n) is 6.52. The molecule has 2 aliphatic rings. The van der Waals surface area contributed by atoms with Crippen LogP contribution in [0.15, 0.2) is 36.0 Å². The Morgan fingerprint density at radius 1 is 1.41 bits per heavy atom. The molecule has 3 heteroatoms. The van der Waals surface area contributed by atoms with Crippen molar-refractivity contribution in [2.45, 2.75) is 45.4 Å². The molecule has 22 heavy (non-hydrogen) atoms. The second kappa shape index (κ2) is 8.33. The first-order valence-corrected chi connectivity index (χ1v) is 8.39. The van der Waals surface area contributed by atoms with Crippen molar-refractivity contribution in [2.75, 3.05) is 13.2 Å². The highest BCUT2D eigenvalue weighted by molar-refractivity contribution is 5.73. The summed E-state index contributed by atoms with van der Waals surface area (Å²) < 4.78 is 5.46. The van der Waals surface area contributed by atoms with Gasteiger partial charge in [-0.3, -0.25) is 4.79 Å². The molecule has 0 amide bonds. The smallest absolute Gasteiger partial charge is 0.309 e. The monoisotopic (exact) mass is 304 g/mol. The van der Waals surface area contributed by atoms with Crippen LogP contribution in [0, 0.1) is 17.8 Å². The van der Waals surface area contributed by atoms with E-state index >= 15 is 0 Å². The summed E-state index contributed by atoms with van der Waals surface area (Å²) in [6, 6.07) is 0. The molecule has 0 aromatic heterocycles. The number of aliphatic hydroxyl groups excluding tert-OH is 1. The van der Waals surface area contributed by atoms with E-state index < -0.39 is 0 Å². The fraction of sp³-hybridized carbons (Fsp3) is 0.632. The molecule has 1 saturated heterocycles. The van der Waals surface area contributed by atoms with Crippen LogP contribution in [0.1, 0.15) is 45.4 Å². The van der Waals surface area contributed by atoms with Crippen molar-refractivity contribution in [3.05, 3.63) is 36.0 Å². The molecule has 1 N–H and O–H groups in total. The minimum Gasteiger partial charge on any atom is -0.465 e. The van der Waals surface area contributed by atoms with E-state index in [1.807, 2.05) is 6.08 Å². The number of fused-ring (bicyclic) bond motifs is 1. The van der Waals surface area contributed by atoms with E-state index in [9.17, 15) is 4.79 Å². The maximum atomic E-state index is 12.2. The van der Waals surface area contributed by atoms with E-state index in [0.717, 1.165) is 38.5 Å². The van der Waals surface area contributed by atoms with Gasteiger partial charge in [-0.1, -0.05) is 36.0 Å². The van der Waals surface area contributed by atoms with Crippen molar-refractivity contribution < 1.29 is 14.6 Å². The summed E-state index contributed by atoms with van der Waals surface area (Å²) in [5.41, 5.74) is 2.66. The molecular weight excluding hydrogens is 276 g/mol. The van der Waals surface area contributed by atoms with Crippen molar-refractivity contribution in [1.29, 1.82) is 0 Å². The maximum absolute atomic E-state index is 12.2. The number of carbonyl (C=O) groups is 1. The van der Waals surface area contributed by atoms with E-state index in [2.05, 4.69) is 19.6 Å². The van der Waals surface area contributed by atoms with Gasteiger partial charge in [0.05, 0.1) is 19.1 Å². The largest absolute Gasteiger partial charge is 0.465 e. The van der Waals surface area contributed by atoms with Gasteiger partial charge >= 0.3 is 5.97 Å². The molecule has 1 aliphatic heterocycles. The summed E-state index contributed by atoms with van der Waals surface area (Å²) in [5, 5.41) is 8.81. The van der Waals surface area contributed by atoms with E-state index in [0.29, 0.717) is 18.4 Å². The molecule has 0 bridgehead atoms. The Hall–Kier alpha value is -1.35. The highest BCUT2D eigenvalue weighted by Gasteiger charge is 2.40. The maximum Gasteiger partial charge on any atom is 0.309 e. The molecule has 1 heterocycles. The number of ether oxygens (including phenoxy) is 1. The van der Waals surface area contributed by atoms with Crippen LogP contribution in [-0.4, -0.2) is 24.3 Å². The summed E-state index contributed by atoms with van der Waals surface area (Å²) in [6.45, 7) is 7.01. The average Bonchev–Trinajstić information content (AvgIpc) is 2.56. The average molecular weight is 304 g/mol. The van der Waals surface area contributed by atoms with Crippen LogP contribution in [-0.2, 0) is 9.53 Å². The zero-order valence-electron chi connectivity index (χ0n) is 13.6. The normalized spacial score (nSPS) is 32.5. The molecule has 0 aromatic carbocycles. The van der Waals surface area contributed by atoms with Crippen LogP contribution in [0.3, 0.4) is 0 Å². The predicted octanol–water partition coefficient (Wildman–Crippen LogP) is 3.80. The van der Waals surface area contributed by atoms with Crippen LogP contribution < -0.4 is 0 Å². The van der Waals surface area contributed by atoms with Crippen molar-refractivity contribution in [3.8, 4) is 0 Å². The first kappa shape index (κ1) is 17.0. The summed E-state index contributed by atoms with van der Waals surface area (Å²) in [5.74, 6) is 0.568. The van der Waals surface area contributed by atoms with Crippen LogP contribution in [0.4, 0.5) is 0 Å². The third-order valence-electron chi connectivity index (χ3n) is 5.01. The van der Waals surface area contributed by atoms with Gasteiger partial charge in [-0.25, -0.2) is 0 Å². The Balaban J connectivity index is 2.12. The highest BCUT2D eigenvalue weighted by atomic mass is 16.5. The highest BCUT2D eigenvalue weighted by Crippen LogP contribution is 2.40. The van der Waals surface area contributed by atoms with Gasteiger partial charge < -0.3 is 9.84 Å². The number of rotatable bonds is 4. The Bertz CT molecular complexity index is 461. The van der Waals surface area contributed by atoms with Gasteiger partial charge in [0.15, 0.2) is 0 Å². The molecule has 1 aliphatic carbocycles. The molecule has 0 spiro atoms. The molecule has 2 rings (SSSR count). The number of hydrogen-bond donors (Lipinski definition) is 1. The lowest BCUT2D eigenvalue weighted by atomic mass is 9.72. The Kier molecular flexibility index (Phi) is 6.44. The lowest BCUT2D eigenvalue weighted by Crippen LogP contribution is -2.40. The third-order valence-corrected chi connectivity index (χ3v) is 5.01. The number of hydrogen-bond acceptors (Lipinski definition) is 3. The van der Waals surface area contributed by atoms with Crippen LogP contribution in [0.2, 0.25) is 0 Å². The fourth-order valence-corrected chi connectivity index (χ4v) is 3.67.